The number of para-hydroxylation sites is 1. The number of aromatic carboxylic acids is 1. The Morgan fingerprint density at radius 1 is 1.16 bits per heavy atom. The number of amides is 1. The lowest BCUT2D eigenvalue weighted by Gasteiger charge is -2.10. The number of carbonyl (C=O) groups is 2. The molecule has 3 N–H and O–H groups in total. The zero-order valence-electron chi connectivity index (χ0n) is 12.4. The van der Waals surface area contributed by atoms with Crippen molar-refractivity contribution < 1.29 is 19.6 Å². The fourth-order valence-corrected chi connectivity index (χ4v) is 2.40. The Balaban J connectivity index is 2.10. The van der Waals surface area contributed by atoms with Gasteiger partial charge in [0.05, 0.1) is 15.5 Å². The number of benzene rings is 2. The highest BCUT2D eigenvalue weighted by atomic mass is 35.5. The van der Waals surface area contributed by atoms with Gasteiger partial charge in [0, 0.05) is 11.8 Å². The van der Waals surface area contributed by atoms with Gasteiger partial charge in [-0.1, -0.05) is 23.7 Å². The number of rotatable bonds is 4. The van der Waals surface area contributed by atoms with E-state index in [0.717, 1.165) is 0 Å². The highest BCUT2D eigenvalue weighted by molar-refractivity contribution is 7.80. The Morgan fingerprint density at radius 2 is 1.84 bits per heavy atom. The lowest BCUT2D eigenvalue weighted by molar-refractivity contribution is -0.385. The molecule has 25 heavy (non-hydrogen) atoms. The van der Waals surface area contributed by atoms with E-state index in [0.29, 0.717) is 5.69 Å². The Labute approximate surface area is 151 Å². The van der Waals surface area contributed by atoms with Crippen LogP contribution < -0.4 is 10.6 Å². The van der Waals surface area contributed by atoms with Gasteiger partial charge in [-0.25, -0.2) is 4.79 Å². The fourth-order valence-electron chi connectivity index (χ4n) is 1.92. The summed E-state index contributed by atoms with van der Waals surface area (Å²) in [5.41, 5.74) is -0.225. The summed E-state index contributed by atoms with van der Waals surface area (Å²) < 4.78 is 0. The average molecular weight is 380 g/mol. The van der Waals surface area contributed by atoms with Crippen molar-refractivity contribution in [1.82, 2.24) is 5.32 Å². The van der Waals surface area contributed by atoms with E-state index < -0.39 is 16.8 Å². The number of anilines is 1. The molecule has 0 aliphatic carbocycles. The van der Waals surface area contributed by atoms with Gasteiger partial charge in [0.15, 0.2) is 5.11 Å². The minimum absolute atomic E-state index is 0.00896. The van der Waals surface area contributed by atoms with Gasteiger partial charge >= 0.3 is 5.97 Å². The summed E-state index contributed by atoms with van der Waals surface area (Å²) in [6, 6.07) is 9.46. The van der Waals surface area contributed by atoms with Gasteiger partial charge in [0.25, 0.3) is 11.6 Å². The molecule has 0 saturated heterocycles. The number of carbonyl (C=O) groups excluding carboxylic acids is 1. The smallest absolute Gasteiger partial charge is 0.337 e. The van der Waals surface area contributed by atoms with Crippen LogP contribution in [0.1, 0.15) is 20.7 Å². The second kappa shape index (κ2) is 7.69. The van der Waals surface area contributed by atoms with Crippen LogP contribution in [-0.2, 0) is 0 Å². The first kappa shape index (κ1) is 18.3. The maximum absolute atomic E-state index is 12.1. The first-order valence-corrected chi connectivity index (χ1v) is 7.47. The third kappa shape index (κ3) is 4.49. The van der Waals surface area contributed by atoms with Gasteiger partial charge < -0.3 is 10.4 Å². The average Bonchev–Trinajstić information content (AvgIpc) is 2.54. The summed E-state index contributed by atoms with van der Waals surface area (Å²) in [6.45, 7) is 0. The molecule has 0 aliphatic heterocycles. The molecule has 0 radical (unpaired) electrons. The molecule has 0 bridgehead atoms. The molecule has 2 aromatic carbocycles. The fraction of sp³-hybridized carbons (Fsp3) is 0. The standard InChI is InChI=1S/C15H10ClN3O5S/c16-11-7-8(5-6-9(11)14(21)22)17-15(25)18-13(20)10-3-1-2-4-12(10)19(23)24/h1-7H,(H,21,22)(H2,17,18,20,25). The summed E-state index contributed by atoms with van der Waals surface area (Å²) in [5, 5.41) is 24.7. The molecule has 1 amide bonds. The molecule has 0 spiro atoms. The van der Waals surface area contributed by atoms with Crippen molar-refractivity contribution in [3.63, 3.8) is 0 Å². The van der Waals surface area contributed by atoms with Crippen molar-refractivity contribution in [3.8, 4) is 0 Å². The lowest BCUT2D eigenvalue weighted by Crippen LogP contribution is -2.34. The first-order valence-electron chi connectivity index (χ1n) is 6.68. The van der Waals surface area contributed by atoms with Crippen LogP contribution >= 0.6 is 23.8 Å². The number of carboxylic acid groups (broad SMARTS) is 1. The van der Waals surface area contributed by atoms with Gasteiger partial charge in [0.1, 0.15) is 5.56 Å². The van der Waals surface area contributed by atoms with Crippen LogP contribution in [0.15, 0.2) is 42.5 Å². The monoisotopic (exact) mass is 379 g/mol. The molecule has 0 heterocycles. The third-order valence-electron chi connectivity index (χ3n) is 3.03. The van der Waals surface area contributed by atoms with E-state index in [1.165, 1.54) is 42.5 Å². The number of nitrogens with one attached hydrogen (secondary N) is 2. The third-order valence-corrected chi connectivity index (χ3v) is 3.55. The van der Waals surface area contributed by atoms with Crippen LogP contribution in [0.25, 0.3) is 0 Å². The number of hydrogen-bond acceptors (Lipinski definition) is 5. The van der Waals surface area contributed by atoms with Crippen molar-refractivity contribution in [2.24, 2.45) is 0 Å². The van der Waals surface area contributed by atoms with Gasteiger partial charge in [-0.05, 0) is 36.5 Å². The van der Waals surface area contributed by atoms with E-state index in [-0.39, 0.29) is 26.9 Å². The molecule has 8 nitrogen and oxygen atoms in total. The molecule has 2 rings (SSSR count). The largest absolute Gasteiger partial charge is 0.478 e. The maximum atomic E-state index is 12.1. The van der Waals surface area contributed by atoms with Crippen LogP contribution in [-0.4, -0.2) is 27.0 Å². The second-order valence-electron chi connectivity index (χ2n) is 4.68. The van der Waals surface area contributed by atoms with Gasteiger partial charge in [0.2, 0.25) is 0 Å². The molecule has 0 atom stereocenters. The van der Waals surface area contributed by atoms with Crippen molar-refractivity contribution in [2.75, 3.05) is 5.32 Å². The predicted octanol–water partition coefficient (Wildman–Crippen LogP) is 3.07. The van der Waals surface area contributed by atoms with E-state index in [1.807, 2.05) is 0 Å². The predicted molar refractivity (Wildman–Crippen MR) is 95.2 cm³/mol. The highest BCUT2D eigenvalue weighted by Gasteiger charge is 2.20. The Hall–Kier alpha value is -3.04. The number of nitro benzene ring substituents is 1. The zero-order chi connectivity index (χ0) is 18.6. The number of thiocarbonyl (C=S) groups is 1. The first-order chi connectivity index (χ1) is 11.8. The summed E-state index contributed by atoms with van der Waals surface area (Å²) in [5.74, 6) is -1.93. The minimum atomic E-state index is -1.18. The van der Waals surface area contributed by atoms with Gasteiger partial charge in [-0.2, -0.15) is 0 Å². The molecule has 0 aliphatic rings. The molecule has 0 saturated carbocycles. The highest BCUT2D eigenvalue weighted by Crippen LogP contribution is 2.21. The molecule has 2 aromatic rings. The Kier molecular flexibility index (Phi) is 5.63. The topological polar surface area (TPSA) is 122 Å². The SMILES string of the molecule is O=C(O)c1ccc(NC(=S)NC(=O)c2ccccc2[N+](=O)[O-])cc1Cl. The molecular weight excluding hydrogens is 370 g/mol. The number of nitrogens with zero attached hydrogens (tertiary/aromatic N) is 1. The Morgan fingerprint density at radius 3 is 2.44 bits per heavy atom. The van der Waals surface area contributed by atoms with Crippen LogP contribution in [0.2, 0.25) is 5.02 Å². The molecule has 128 valence electrons. The second-order valence-corrected chi connectivity index (χ2v) is 5.50. The van der Waals surface area contributed by atoms with Crippen LogP contribution in [0.4, 0.5) is 11.4 Å². The Bertz CT molecular complexity index is 887. The van der Waals surface area contributed by atoms with Crippen molar-refractivity contribution in [1.29, 1.82) is 0 Å². The normalized spacial score (nSPS) is 9.96. The molecule has 0 aromatic heterocycles. The van der Waals surface area contributed by atoms with Crippen molar-refractivity contribution >= 4 is 52.2 Å². The molecule has 0 unspecified atom stereocenters. The lowest BCUT2D eigenvalue weighted by atomic mass is 10.1. The summed E-state index contributed by atoms with van der Waals surface area (Å²) >= 11 is 10.8. The molecule has 10 heteroatoms. The van der Waals surface area contributed by atoms with Crippen LogP contribution in [0.5, 0.6) is 0 Å². The number of hydrogen-bond donors (Lipinski definition) is 3. The van der Waals surface area contributed by atoms with E-state index in [1.54, 1.807) is 0 Å². The van der Waals surface area contributed by atoms with Crippen molar-refractivity contribution in [3.05, 3.63) is 68.7 Å². The molecular formula is C15H10ClN3O5S. The van der Waals surface area contributed by atoms with E-state index in [9.17, 15) is 19.7 Å². The molecule has 0 fully saturated rings. The van der Waals surface area contributed by atoms with Crippen molar-refractivity contribution in [2.45, 2.75) is 0 Å². The van der Waals surface area contributed by atoms with Gasteiger partial charge in [-0.15, -0.1) is 0 Å². The summed E-state index contributed by atoms with van der Waals surface area (Å²) in [4.78, 5) is 33.3. The zero-order valence-corrected chi connectivity index (χ0v) is 13.9. The number of carboxylic acids is 1. The summed E-state index contributed by atoms with van der Waals surface area (Å²) in [6.07, 6.45) is 0. The van der Waals surface area contributed by atoms with Crippen LogP contribution in [0.3, 0.4) is 0 Å². The summed E-state index contributed by atoms with van der Waals surface area (Å²) in [7, 11) is 0. The minimum Gasteiger partial charge on any atom is -0.478 e. The maximum Gasteiger partial charge on any atom is 0.337 e. The van der Waals surface area contributed by atoms with E-state index >= 15 is 0 Å². The quantitative estimate of drug-likeness (QED) is 0.424. The van der Waals surface area contributed by atoms with E-state index in [4.69, 9.17) is 28.9 Å². The number of halogens is 1. The van der Waals surface area contributed by atoms with E-state index in [2.05, 4.69) is 10.6 Å². The van der Waals surface area contributed by atoms with Crippen LogP contribution in [0, 0.1) is 10.1 Å². The number of nitro groups is 1. The van der Waals surface area contributed by atoms with Gasteiger partial charge in [-0.3, -0.25) is 20.2 Å².